The molecule has 5 nitrogen and oxygen atoms in total. The topological polar surface area (TPSA) is 92.8 Å². The van der Waals surface area contributed by atoms with Crippen LogP contribution >= 0.6 is 0 Å². The fourth-order valence-electron chi connectivity index (χ4n) is 1.74. The molecule has 1 rings (SSSR count). The summed E-state index contributed by atoms with van der Waals surface area (Å²) in [6.45, 7) is 3.77. The number of hydrogen-bond acceptors (Lipinski definition) is 5. The number of carbonyl (C=O) groups excluding carboxylic acids is 1. The van der Waals surface area contributed by atoms with E-state index in [0.717, 1.165) is 5.56 Å². The van der Waals surface area contributed by atoms with E-state index in [1.807, 2.05) is 6.92 Å². The fraction of sp³-hybridized carbons (Fsp3) is 0.462. The van der Waals surface area contributed by atoms with Crippen LogP contribution in [-0.4, -0.2) is 28.9 Å². The summed E-state index contributed by atoms with van der Waals surface area (Å²) in [7, 11) is 0. The summed E-state index contributed by atoms with van der Waals surface area (Å²) in [4.78, 5) is 11.2. The van der Waals surface area contributed by atoms with E-state index in [9.17, 15) is 15.0 Å². The third kappa shape index (κ3) is 4.01. The number of aryl methyl sites for hydroxylation is 1. The molecular weight excluding hydrogens is 234 g/mol. The van der Waals surface area contributed by atoms with Crippen LogP contribution in [0.3, 0.4) is 0 Å². The molecule has 0 fully saturated rings. The van der Waals surface area contributed by atoms with E-state index in [4.69, 9.17) is 10.5 Å². The van der Waals surface area contributed by atoms with Crippen molar-refractivity contribution in [2.45, 2.75) is 32.5 Å². The molecule has 0 bridgehead atoms. The van der Waals surface area contributed by atoms with Gasteiger partial charge in [0.1, 0.15) is 6.10 Å². The number of rotatable bonds is 5. The first-order valence-corrected chi connectivity index (χ1v) is 5.82. The zero-order valence-corrected chi connectivity index (χ0v) is 10.6. The van der Waals surface area contributed by atoms with Crippen LogP contribution in [0, 0.1) is 6.92 Å². The second-order valence-electron chi connectivity index (χ2n) is 4.20. The van der Waals surface area contributed by atoms with Crippen molar-refractivity contribution in [3.8, 4) is 0 Å². The Morgan fingerprint density at radius 1 is 1.39 bits per heavy atom. The predicted octanol–water partition coefficient (Wildman–Crippen LogP) is 0.925. The second kappa shape index (κ2) is 6.37. The summed E-state index contributed by atoms with van der Waals surface area (Å²) in [6.07, 6.45) is -2.61. The average molecular weight is 253 g/mol. The number of aliphatic hydroxyl groups is 2. The minimum Gasteiger partial charge on any atom is -0.466 e. The van der Waals surface area contributed by atoms with Gasteiger partial charge in [0.05, 0.1) is 19.1 Å². The monoisotopic (exact) mass is 253 g/mol. The molecule has 0 amide bonds. The van der Waals surface area contributed by atoms with Crippen molar-refractivity contribution in [2.24, 2.45) is 0 Å². The number of nitrogen functional groups attached to an aromatic ring is 1. The number of anilines is 1. The van der Waals surface area contributed by atoms with Crippen molar-refractivity contribution in [3.05, 3.63) is 29.3 Å². The molecule has 0 aliphatic rings. The Balaban J connectivity index is 2.73. The number of carbonyl (C=O) groups is 1. The highest BCUT2D eigenvalue weighted by molar-refractivity contribution is 5.70. The largest absolute Gasteiger partial charge is 0.466 e. The minimum atomic E-state index is -1.20. The number of esters is 1. The molecule has 0 heterocycles. The van der Waals surface area contributed by atoms with E-state index in [1.54, 1.807) is 25.1 Å². The maximum absolute atomic E-state index is 11.2. The third-order valence-electron chi connectivity index (χ3n) is 2.51. The number of nitrogens with two attached hydrogens (primary N) is 1. The Morgan fingerprint density at radius 3 is 2.61 bits per heavy atom. The molecule has 2 unspecified atom stereocenters. The van der Waals surface area contributed by atoms with Crippen LogP contribution in [0.2, 0.25) is 0 Å². The summed E-state index contributed by atoms with van der Waals surface area (Å²) in [6, 6.07) is 5.05. The fourth-order valence-corrected chi connectivity index (χ4v) is 1.74. The van der Waals surface area contributed by atoms with Crippen molar-refractivity contribution < 1.29 is 19.7 Å². The lowest BCUT2D eigenvalue weighted by molar-refractivity contribution is -0.147. The normalized spacial score (nSPS) is 14.0. The Kier molecular flexibility index (Phi) is 5.12. The first kappa shape index (κ1) is 14.5. The molecule has 0 aromatic heterocycles. The number of hydrogen-bond donors (Lipinski definition) is 3. The van der Waals surface area contributed by atoms with Crippen LogP contribution in [0.15, 0.2) is 18.2 Å². The zero-order valence-electron chi connectivity index (χ0n) is 10.6. The third-order valence-corrected chi connectivity index (χ3v) is 2.51. The summed E-state index contributed by atoms with van der Waals surface area (Å²) < 4.78 is 4.71. The molecule has 0 saturated carbocycles. The van der Waals surface area contributed by atoms with E-state index >= 15 is 0 Å². The standard InChI is InChI=1S/C13H19NO4/c1-3-18-12(16)7-11(15)13(17)9-4-8(2)5-10(14)6-9/h4-6,11,13,15,17H,3,7,14H2,1-2H3. The number of benzene rings is 1. The highest BCUT2D eigenvalue weighted by atomic mass is 16.5. The van der Waals surface area contributed by atoms with Gasteiger partial charge in [-0.2, -0.15) is 0 Å². The maximum atomic E-state index is 11.2. The molecule has 0 radical (unpaired) electrons. The predicted molar refractivity (Wildman–Crippen MR) is 67.8 cm³/mol. The molecule has 18 heavy (non-hydrogen) atoms. The Hall–Kier alpha value is -1.59. The second-order valence-corrected chi connectivity index (χ2v) is 4.20. The molecular formula is C13H19NO4. The van der Waals surface area contributed by atoms with Crippen LogP contribution in [0.25, 0.3) is 0 Å². The van der Waals surface area contributed by atoms with Crippen LogP contribution in [0.4, 0.5) is 5.69 Å². The van der Waals surface area contributed by atoms with Gasteiger partial charge in [0.15, 0.2) is 0 Å². The smallest absolute Gasteiger partial charge is 0.308 e. The van der Waals surface area contributed by atoms with Crippen LogP contribution in [0.1, 0.15) is 30.6 Å². The molecule has 1 aromatic rings. The molecule has 1 aromatic carbocycles. The first-order valence-electron chi connectivity index (χ1n) is 5.82. The van der Waals surface area contributed by atoms with Gasteiger partial charge in [-0.15, -0.1) is 0 Å². The van der Waals surface area contributed by atoms with Gasteiger partial charge in [-0.1, -0.05) is 6.07 Å². The van der Waals surface area contributed by atoms with Gasteiger partial charge in [-0.3, -0.25) is 4.79 Å². The van der Waals surface area contributed by atoms with Gasteiger partial charge in [0.2, 0.25) is 0 Å². The summed E-state index contributed by atoms with van der Waals surface area (Å²) >= 11 is 0. The van der Waals surface area contributed by atoms with Gasteiger partial charge in [-0.25, -0.2) is 0 Å². The summed E-state index contributed by atoms with van der Waals surface area (Å²) in [5.41, 5.74) is 7.54. The number of aliphatic hydroxyl groups excluding tert-OH is 2. The zero-order chi connectivity index (χ0) is 13.7. The SMILES string of the molecule is CCOC(=O)CC(O)C(O)c1cc(C)cc(N)c1. The molecule has 0 spiro atoms. The van der Waals surface area contributed by atoms with Gasteiger partial charge in [0.25, 0.3) is 0 Å². The van der Waals surface area contributed by atoms with E-state index in [2.05, 4.69) is 0 Å². The quantitative estimate of drug-likeness (QED) is 0.536. The van der Waals surface area contributed by atoms with Gasteiger partial charge in [-0.05, 0) is 37.1 Å². The highest BCUT2D eigenvalue weighted by Gasteiger charge is 2.22. The van der Waals surface area contributed by atoms with E-state index in [-0.39, 0.29) is 13.0 Å². The maximum Gasteiger partial charge on any atom is 0.308 e. The molecule has 0 saturated heterocycles. The lowest BCUT2D eigenvalue weighted by Crippen LogP contribution is -2.23. The first-order chi connectivity index (χ1) is 8.43. The lowest BCUT2D eigenvalue weighted by Gasteiger charge is -2.18. The molecule has 100 valence electrons. The summed E-state index contributed by atoms with van der Waals surface area (Å²) in [5, 5.41) is 19.7. The lowest BCUT2D eigenvalue weighted by atomic mass is 10.00. The van der Waals surface area contributed by atoms with Gasteiger partial charge < -0.3 is 20.7 Å². The molecule has 5 heteroatoms. The van der Waals surface area contributed by atoms with Crippen molar-refractivity contribution in [3.63, 3.8) is 0 Å². The molecule has 4 N–H and O–H groups in total. The van der Waals surface area contributed by atoms with Crippen molar-refractivity contribution in [1.82, 2.24) is 0 Å². The van der Waals surface area contributed by atoms with Gasteiger partial charge in [0, 0.05) is 5.69 Å². The van der Waals surface area contributed by atoms with E-state index < -0.39 is 18.2 Å². The Morgan fingerprint density at radius 2 is 2.06 bits per heavy atom. The highest BCUT2D eigenvalue weighted by Crippen LogP contribution is 2.22. The van der Waals surface area contributed by atoms with Gasteiger partial charge >= 0.3 is 5.97 Å². The number of ether oxygens (including phenoxy) is 1. The average Bonchev–Trinajstić information content (AvgIpc) is 2.26. The van der Waals surface area contributed by atoms with E-state index in [0.29, 0.717) is 11.3 Å². The van der Waals surface area contributed by atoms with Crippen LogP contribution in [0.5, 0.6) is 0 Å². The Labute approximate surface area is 106 Å². The van der Waals surface area contributed by atoms with Crippen molar-refractivity contribution in [2.75, 3.05) is 12.3 Å². The van der Waals surface area contributed by atoms with Crippen molar-refractivity contribution >= 4 is 11.7 Å². The van der Waals surface area contributed by atoms with Crippen LogP contribution in [-0.2, 0) is 9.53 Å². The molecule has 2 atom stereocenters. The molecule has 0 aliphatic heterocycles. The summed E-state index contributed by atoms with van der Waals surface area (Å²) in [5.74, 6) is -0.537. The molecule has 0 aliphatic carbocycles. The van der Waals surface area contributed by atoms with E-state index in [1.165, 1.54) is 0 Å². The van der Waals surface area contributed by atoms with Crippen LogP contribution < -0.4 is 5.73 Å². The minimum absolute atomic E-state index is 0.247. The Bertz CT molecular complexity index is 399. The van der Waals surface area contributed by atoms with Crippen molar-refractivity contribution in [1.29, 1.82) is 0 Å².